The predicted octanol–water partition coefficient (Wildman–Crippen LogP) is 6.29. The maximum atomic E-state index is 14.0. The van der Waals surface area contributed by atoms with Crippen molar-refractivity contribution < 1.29 is 13.7 Å². The van der Waals surface area contributed by atoms with E-state index in [1.165, 1.54) is 23.5 Å². The molecule has 0 aliphatic carbocycles. The van der Waals surface area contributed by atoms with Crippen LogP contribution in [0.15, 0.2) is 76.3 Å². The molecule has 0 radical (unpaired) electrons. The van der Waals surface area contributed by atoms with Crippen LogP contribution < -0.4 is 5.32 Å². The molecule has 0 saturated heterocycles. The van der Waals surface area contributed by atoms with Crippen molar-refractivity contribution in [2.75, 3.05) is 0 Å². The summed E-state index contributed by atoms with van der Waals surface area (Å²) in [6.45, 7) is 2.11. The van der Waals surface area contributed by atoms with Gasteiger partial charge in [0.2, 0.25) is 5.82 Å². The van der Waals surface area contributed by atoms with Crippen molar-refractivity contribution in [3.8, 4) is 10.7 Å². The number of benzene rings is 2. The van der Waals surface area contributed by atoms with Gasteiger partial charge < -0.3 is 9.84 Å². The molecule has 5 rings (SSSR count). The zero-order valence-electron chi connectivity index (χ0n) is 17.5. The van der Waals surface area contributed by atoms with E-state index < -0.39 is 11.9 Å². The molecule has 0 fully saturated rings. The molecule has 3 heterocycles. The van der Waals surface area contributed by atoms with Gasteiger partial charge in [0, 0.05) is 10.7 Å². The Labute approximate surface area is 198 Å². The maximum Gasteiger partial charge on any atom is 0.322 e. The molecule has 1 aliphatic heterocycles. The molecule has 1 unspecified atom stereocenters. The number of rotatable bonds is 5. The van der Waals surface area contributed by atoms with Crippen LogP contribution in [-0.4, -0.2) is 21.1 Å². The number of amides is 2. The number of carbonyl (C=O) groups excluding carboxylic acids is 1. The monoisotopic (exact) mass is 480 g/mol. The minimum Gasteiger partial charge on any atom is -0.334 e. The number of urea groups is 1. The van der Waals surface area contributed by atoms with E-state index in [9.17, 15) is 9.18 Å². The summed E-state index contributed by atoms with van der Waals surface area (Å²) >= 11 is 7.63. The van der Waals surface area contributed by atoms with Gasteiger partial charge in [-0.1, -0.05) is 47.1 Å². The Kier molecular flexibility index (Phi) is 5.70. The lowest BCUT2D eigenvalue weighted by molar-refractivity contribution is 0.203. The molecule has 33 heavy (non-hydrogen) atoms. The fourth-order valence-electron chi connectivity index (χ4n) is 3.84. The number of nitrogens with zero attached hydrogens (tertiary/aromatic N) is 3. The van der Waals surface area contributed by atoms with Gasteiger partial charge in [-0.15, -0.1) is 11.3 Å². The molecule has 0 spiro atoms. The van der Waals surface area contributed by atoms with E-state index in [-0.39, 0.29) is 11.9 Å². The zero-order chi connectivity index (χ0) is 22.9. The summed E-state index contributed by atoms with van der Waals surface area (Å²) < 4.78 is 19.7. The highest BCUT2D eigenvalue weighted by atomic mass is 35.5. The summed E-state index contributed by atoms with van der Waals surface area (Å²) in [4.78, 5) is 20.2. The van der Waals surface area contributed by atoms with Crippen molar-refractivity contribution in [2.45, 2.75) is 19.5 Å². The second-order valence-corrected chi connectivity index (χ2v) is 8.94. The van der Waals surface area contributed by atoms with E-state index in [0.717, 1.165) is 10.4 Å². The van der Waals surface area contributed by atoms with Crippen molar-refractivity contribution in [3.63, 3.8) is 0 Å². The predicted molar refractivity (Wildman–Crippen MR) is 125 cm³/mol. The summed E-state index contributed by atoms with van der Waals surface area (Å²) in [6.07, 6.45) is 0. The van der Waals surface area contributed by atoms with Gasteiger partial charge in [-0.25, -0.2) is 9.18 Å². The Morgan fingerprint density at radius 1 is 1.18 bits per heavy atom. The first-order chi connectivity index (χ1) is 16.0. The standard InChI is InChI=1S/C24H18ClFN4O2S/c1-14-20(23-28-22(29-32-23)19-9-4-10-33-19)21(16-6-3-8-18(26)12-16)27-24(31)30(14)13-15-5-2-7-17(25)11-15/h2-12,21H,13H2,1H3,(H,27,31). The number of hydrogen-bond acceptors (Lipinski definition) is 5. The Morgan fingerprint density at radius 2 is 2.03 bits per heavy atom. The Morgan fingerprint density at radius 3 is 2.79 bits per heavy atom. The molecule has 1 aliphatic rings. The number of nitrogens with one attached hydrogen (secondary N) is 1. The van der Waals surface area contributed by atoms with Crippen LogP contribution in [0.25, 0.3) is 16.3 Å². The Hall–Kier alpha value is -3.49. The highest BCUT2D eigenvalue weighted by Gasteiger charge is 2.36. The molecule has 2 amide bonds. The van der Waals surface area contributed by atoms with E-state index in [2.05, 4.69) is 15.5 Å². The summed E-state index contributed by atoms with van der Waals surface area (Å²) in [6, 6.07) is 16.3. The van der Waals surface area contributed by atoms with Crippen LogP contribution in [0, 0.1) is 5.82 Å². The quantitative estimate of drug-likeness (QED) is 0.364. The highest BCUT2D eigenvalue weighted by molar-refractivity contribution is 7.13. The number of aromatic nitrogens is 2. The molecule has 6 nitrogen and oxygen atoms in total. The SMILES string of the molecule is CC1=C(c2nc(-c3cccs3)no2)C(c2cccc(F)c2)NC(=O)N1Cc1cccc(Cl)c1. The van der Waals surface area contributed by atoms with E-state index in [4.69, 9.17) is 16.1 Å². The number of halogens is 2. The van der Waals surface area contributed by atoms with Gasteiger partial charge in [0.1, 0.15) is 5.82 Å². The minimum atomic E-state index is -0.652. The van der Waals surface area contributed by atoms with Gasteiger partial charge in [-0.05, 0) is 53.8 Å². The van der Waals surface area contributed by atoms with Gasteiger partial charge in [0.25, 0.3) is 5.89 Å². The van der Waals surface area contributed by atoms with Gasteiger partial charge in [0.15, 0.2) is 0 Å². The van der Waals surface area contributed by atoms with Crippen molar-refractivity contribution in [2.24, 2.45) is 0 Å². The Bertz CT molecular complexity index is 1350. The normalized spacial score (nSPS) is 16.3. The first-order valence-corrected chi connectivity index (χ1v) is 11.4. The third-order valence-corrected chi connectivity index (χ3v) is 6.51. The third-order valence-electron chi connectivity index (χ3n) is 5.41. The van der Waals surface area contributed by atoms with Crippen molar-refractivity contribution in [1.82, 2.24) is 20.4 Å². The van der Waals surface area contributed by atoms with Crippen LogP contribution in [0.4, 0.5) is 9.18 Å². The first-order valence-electron chi connectivity index (χ1n) is 10.2. The molecule has 166 valence electrons. The minimum absolute atomic E-state index is 0.265. The van der Waals surface area contributed by atoms with Crippen LogP contribution in [0.3, 0.4) is 0 Å². The fraction of sp³-hybridized carbons (Fsp3) is 0.125. The molecule has 0 bridgehead atoms. The van der Waals surface area contributed by atoms with Crippen LogP contribution in [0.5, 0.6) is 0 Å². The van der Waals surface area contributed by atoms with Crippen molar-refractivity contribution in [3.05, 3.63) is 99.6 Å². The lowest BCUT2D eigenvalue weighted by Gasteiger charge is -2.35. The molecular weight excluding hydrogens is 463 g/mol. The third kappa shape index (κ3) is 4.27. The van der Waals surface area contributed by atoms with Crippen LogP contribution in [-0.2, 0) is 6.54 Å². The number of thiophene rings is 1. The van der Waals surface area contributed by atoms with E-state index in [0.29, 0.717) is 34.2 Å². The van der Waals surface area contributed by atoms with Crippen LogP contribution in [0.1, 0.15) is 30.0 Å². The topological polar surface area (TPSA) is 71.3 Å². The number of carbonyl (C=O) groups is 1. The van der Waals surface area contributed by atoms with E-state index in [1.54, 1.807) is 23.1 Å². The number of allylic oxidation sites excluding steroid dienone is 1. The largest absolute Gasteiger partial charge is 0.334 e. The smallest absolute Gasteiger partial charge is 0.322 e. The first kappa shape index (κ1) is 21.4. The van der Waals surface area contributed by atoms with Gasteiger partial charge >= 0.3 is 6.03 Å². The second kappa shape index (κ2) is 8.80. The van der Waals surface area contributed by atoms with E-state index >= 15 is 0 Å². The molecule has 4 aromatic rings. The Balaban J connectivity index is 1.61. The summed E-state index contributed by atoms with van der Waals surface area (Å²) in [5.74, 6) is 0.322. The summed E-state index contributed by atoms with van der Waals surface area (Å²) in [5.41, 5.74) is 2.69. The molecule has 0 saturated carbocycles. The zero-order valence-corrected chi connectivity index (χ0v) is 19.0. The average molecular weight is 481 g/mol. The highest BCUT2D eigenvalue weighted by Crippen LogP contribution is 2.38. The fourth-order valence-corrected chi connectivity index (χ4v) is 4.70. The summed E-state index contributed by atoms with van der Waals surface area (Å²) in [7, 11) is 0. The van der Waals surface area contributed by atoms with Gasteiger partial charge in [-0.2, -0.15) is 4.98 Å². The summed E-state index contributed by atoms with van der Waals surface area (Å²) in [5, 5.41) is 9.61. The second-order valence-electron chi connectivity index (χ2n) is 7.55. The van der Waals surface area contributed by atoms with Gasteiger partial charge in [-0.3, -0.25) is 4.90 Å². The van der Waals surface area contributed by atoms with Gasteiger partial charge in [0.05, 0.1) is 23.0 Å². The molecule has 1 N–H and O–H groups in total. The molecule has 1 atom stereocenters. The maximum absolute atomic E-state index is 14.0. The number of hydrogen-bond donors (Lipinski definition) is 1. The van der Waals surface area contributed by atoms with Crippen LogP contribution in [0.2, 0.25) is 5.02 Å². The van der Waals surface area contributed by atoms with E-state index in [1.807, 2.05) is 42.6 Å². The van der Waals surface area contributed by atoms with Crippen LogP contribution >= 0.6 is 22.9 Å². The van der Waals surface area contributed by atoms with Crippen molar-refractivity contribution in [1.29, 1.82) is 0 Å². The lowest BCUT2D eigenvalue weighted by atomic mass is 9.94. The molecule has 9 heteroatoms. The molecule has 2 aromatic carbocycles. The molecule has 2 aromatic heterocycles. The van der Waals surface area contributed by atoms with Crippen molar-refractivity contribution >= 4 is 34.5 Å². The average Bonchev–Trinajstić information content (AvgIpc) is 3.48. The molecular formula is C24H18ClFN4O2S. The lowest BCUT2D eigenvalue weighted by Crippen LogP contribution is -2.45.